The molecule has 4 nitrogen and oxygen atoms in total. The number of nitrogens with one attached hydrogen (secondary N) is 2. The topological polar surface area (TPSA) is 53.6 Å². The SMILES string of the molecule is Cc1[nH]ncc1CCCNCc1ccc2ccccc2n1. The number of rotatable bonds is 6. The molecule has 0 radical (unpaired) electrons. The highest BCUT2D eigenvalue weighted by molar-refractivity contribution is 5.78. The zero-order chi connectivity index (χ0) is 14.5. The van der Waals surface area contributed by atoms with Crippen molar-refractivity contribution in [2.45, 2.75) is 26.3 Å². The molecule has 0 atom stereocenters. The molecule has 2 N–H and O–H groups in total. The number of H-pyrrole nitrogens is 1. The summed E-state index contributed by atoms with van der Waals surface area (Å²) in [5.41, 5.74) is 4.63. The maximum atomic E-state index is 4.66. The van der Waals surface area contributed by atoms with Gasteiger partial charge in [-0.05, 0) is 44.0 Å². The fraction of sp³-hybridized carbons (Fsp3) is 0.294. The molecule has 0 aliphatic heterocycles. The molecule has 0 amide bonds. The summed E-state index contributed by atoms with van der Waals surface area (Å²) in [5.74, 6) is 0. The molecule has 0 fully saturated rings. The number of hydrogen-bond donors (Lipinski definition) is 2. The number of para-hydroxylation sites is 1. The predicted molar refractivity (Wildman–Crippen MR) is 85.1 cm³/mol. The maximum absolute atomic E-state index is 4.66. The van der Waals surface area contributed by atoms with E-state index < -0.39 is 0 Å². The van der Waals surface area contributed by atoms with E-state index >= 15 is 0 Å². The van der Waals surface area contributed by atoms with Gasteiger partial charge in [-0.1, -0.05) is 24.3 Å². The predicted octanol–water partition coefficient (Wildman–Crippen LogP) is 2.99. The molecule has 21 heavy (non-hydrogen) atoms. The third kappa shape index (κ3) is 3.47. The van der Waals surface area contributed by atoms with Crippen molar-refractivity contribution in [1.82, 2.24) is 20.5 Å². The Morgan fingerprint density at radius 3 is 2.90 bits per heavy atom. The molecule has 2 aromatic heterocycles. The minimum atomic E-state index is 0.815. The van der Waals surface area contributed by atoms with E-state index in [0.29, 0.717) is 0 Å². The van der Waals surface area contributed by atoms with Crippen LogP contribution in [0.2, 0.25) is 0 Å². The molecule has 4 heteroatoms. The summed E-state index contributed by atoms with van der Waals surface area (Å²) in [6, 6.07) is 12.4. The number of aromatic amines is 1. The van der Waals surface area contributed by atoms with Gasteiger partial charge in [0.25, 0.3) is 0 Å². The van der Waals surface area contributed by atoms with Crippen molar-refractivity contribution in [3.8, 4) is 0 Å². The van der Waals surface area contributed by atoms with Crippen molar-refractivity contribution in [2.24, 2.45) is 0 Å². The van der Waals surface area contributed by atoms with E-state index in [1.54, 1.807) is 0 Å². The first-order chi connectivity index (χ1) is 10.3. The molecule has 0 unspecified atom stereocenters. The van der Waals surface area contributed by atoms with Crippen LogP contribution >= 0.6 is 0 Å². The fourth-order valence-corrected chi connectivity index (χ4v) is 2.45. The van der Waals surface area contributed by atoms with Crippen molar-refractivity contribution >= 4 is 10.9 Å². The molecule has 0 saturated heterocycles. The van der Waals surface area contributed by atoms with Gasteiger partial charge >= 0.3 is 0 Å². The Morgan fingerprint density at radius 2 is 2.05 bits per heavy atom. The first-order valence-corrected chi connectivity index (χ1v) is 7.37. The minimum Gasteiger partial charge on any atom is -0.311 e. The first kappa shape index (κ1) is 13.8. The summed E-state index contributed by atoms with van der Waals surface area (Å²) in [6.07, 6.45) is 4.08. The lowest BCUT2D eigenvalue weighted by Crippen LogP contribution is -2.16. The van der Waals surface area contributed by atoms with E-state index in [0.717, 1.165) is 37.1 Å². The molecule has 0 spiro atoms. The van der Waals surface area contributed by atoms with E-state index in [1.165, 1.54) is 16.6 Å². The second kappa shape index (κ2) is 6.50. The van der Waals surface area contributed by atoms with Gasteiger partial charge in [-0.15, -0.1) is 0 Å². The average molecular weight is 280 g/mol. The van der Waals surface area contributed by atoms with Gasteiger partial charge in [-0.3, -0.25) is 10.1 Å². The summed E-state index contributed by atoms with van der Waals surface area (Å²) < 4.78 is 0. The van der Waals surface area contributed by atoms with E-state index in [-0.39, 0.29) is 0 Å². The van der Waals surface area contributed by atoms with Crippen molar-refractivity contribution in [1.29, 1.82) is 0 Å². The highest BCUT2D eigenvalue weighted by Crippen LogP contribution is 2.11. The van der Waals surface area contributed by atoms with Crippen LogP contribution in [0.5, 0.6) is 0 Å². The monoisotopic (exact) mass is 280 g/mol. The number of aryl methyl sites for hydroxylation is 2. The van der Waals surface area contributed by atoms with Crippen LogP contribution in [-0.2, 0) is 13.0 Å². The lowest BCUT2D eigenvalue weighted by Gasteiger charge is -2.05. The smallest absolute Gasteiger partial charge is 0.0705 e. The Kier molecular flexibility index (Phi) is 4.26. The number of pyridine rings is 1. The minimum absolute atomic E-state index is 0.815. The van der Waals surface area contributed by atoms with Crippen LogP contribution in [0, 0.1) is 6.92 Å². The van der Waals surface area contributed by atoms with Crippen molar-refractivity contribution in [2.75, 3.05) is 6.54 Å². The maximum Gasteiger partial charge on any atom is 0.0705 e. The highest BCUT2D eigenvalue weighted by Gasteiger charge is 2.00. The number of aromatic nitrogens is 3. The van der Waals surface area contributed by atoms with Crippen LogP contribution < -0.4 is 5.32 Å². The van der Waals surface area contributed by atoms with Crippen LogP contribution in [0.4, 0.5) is 0 Å². The van der Waals surface area contributed by atoms with E-state index in [4.69, 9.17) is 0 Å². The Labute approximate surface area is 124 Å². The fourth-order valence-electron chi connectivity index (χ4n) is 2.45. The molecular weight excluding hydrogens is 260 g/mol. The summed E-state index contributed by atoms with van der Waals surface area (Å²) in [6.45, 7) is 3.86. The Balaban J connectivity index is 1.47. The number of nitrogens with zero attached hydrogens (tertiary/aromatic N) is 2. The quantitative estimate of drug-likeness (QED) is 0.682. The third-order valence-corrected chi connectivity index (χ3v) is 3.70. The number of benzene rings is 1. The molecular formula is C17H20N4. The summed E-state index contributed by atoms with van der Waals surface area (Å²) in [5, 5.41) is 11.7. The molecule has 0 aliphatic carbocycles. The molecule has 1 aromatic carbocycles. The summed E-state index contributed by atoms with van der Waals surface area (Å²) >= 11 is 0. The van der Waals surface area contributed by atoms with Gasteiger partial charge in [0.15, 0.2) is 0 Å². The summed E-state index contributed by atoms with van der Waals surface area (Å²) in [7, 11) is 0. The van der Waals surface area contributed by atoms with Gasteiger partial charge in [-0.2, -0.15) is 5.10 Å². The normalized spacial score (nSPS) is 11.1. The van der Waals surface area contributed by atoms with Gasteiger partial charge in [0.05, 0.1) is 17.4 Å². The molecule has 3 aromatic rings. The second-order valence-electron chi connectivity index (χ2n) is 5.30. The van der Waals surface area contributed by atoms with E-state index in [1.807, 2.05) is 18.3 Å². The van der Waals surface area contributed by atoms with E-state index in [2.05, 4.69) is 51.7 Å². The standard InChI is InChI=1S/C17H20N4/c1-13-15(11-19-21-13)6-4-10-18-12-16-9-8-14-5-2-3-7-17(14)20-16/h2-3,5,7-9,11,18H,4,6,10,12H2,1H3,(H,19,21). The van der Waals surface area contributed by atoms with Crippen LogP contribution in [-0.4, -0.2) is 21.7 Å². The Bertz CT molecular complexity index is 717. The first-order valence-electron chi connectivity index (χ1n) is 7.37. The van der Waals surface area contributed by atoms with Crippen molar-refractivity contribution in [3.05, 3.63) is 59.5 Å². The van der Waals surface area contributed by atoms with Gasteiger partial charge in [-0.25, -0.2) is 0 Å². The molecule has 108 valence electrons. The second-order valence-corrected chi connectivity index (χ2v) is 5.30. The van der Waals surface area contributed by atoms with Gasteiger partial charge in [0, 0.05) is 17.6 Å². The Hall–Kier alpha value is -2.20. The number of fused-ring (bicyclic) bond motifs is 1. The molecule has 0 aliphatic rings. The van der Waals surface area contributed by atoms with Gasteiger partial charge < -0.3 is 5.32 Å². The lowest BCUT2D eigenvalue weighted by molar-refractivity contribution is 0.641. The van der Waals surface area contributed by atoms with Gasteiger partial charge in [0.1, 0.15) is 0 Å². The van der Waals surface area contributed by atoms with Crippen LogP contribution in [0.15, 0.2) is 42.6 Å². The highest BCUT2D eigenvalue weighted by atomic mass is 15.1. The van der Waals surface area contributed by atoms with Crippen molar-refractivity contribution in [3.63, 3.8) is 0 Å². The zero-order valence-corrected chi connectivity index (χ0v) is 12.3. The summed E-state index contributed by atoms with van der Waals surface area (Å²) in [4.78, 5) is 4.66. The third-order valence-electron chi connectivity index (χ3n) is 3.70. The van der Waals surface area contributed by atoms with E-state index in [9.17, 15) is 0 Å². The van der Waals surface area contributed by atoms with Crippen LogP contribution in [0.25, 0.3) is 10.9 Å². The zero-order valence-electron chi connectivity index (χ0n) is 12.3. The average Bonchev–Trinajstić information content (AvgIpc) is 2.92. The largest absolute Gasteiger partial charge is 0.311 e. The Morgan fingerprint density at radius 1 is 1.14 bits per heavy atom. The van der Waals surface area contributed by atoms with Gasteiger partial charge in [0.2, 0.25) is 0 Å². The molecule has 0 bridgehead atoms. The van der Waals surface area contributed by atoms with Crippen molar-refractivity contribution < 1.29 is 0 Å². The molecule has 0 saturated carbocycles. The number of hydrogen-bond acceptors (Lipinski definition) is 3. The van der Waals surface area contributed by atoms with Crippen LogP contribution in [0.1, 0.15) is 23.4 Å². The van der Waals surface area contributed by atoms with Crippen LogP contribution in [0.3, 0.4) is 0 Å². The lowest BCUT2D eigenvalue weighted by atomic mass is 10.1. The molecule has 3 rings (SSSR count). The molecule has 2 heterocycles.